The summed E-state index contributed by atoms with van der Waals surface area (Å²) < 4.78 is 25.2. The van der Waals surface area contributed by atoms with Crippen LogP contribution in [0.1, 0.15) is 38.5 Å². The minimum absolute atomic E-state index is 0.128. The van der Waals surface area contributed by atoms with Crippen molar-refractivity contribution in [3.05, 3.63) is 0 Å². The first kappa shape index (κ1) is 10.3. The second-order valence-corrected chi connectivity index (χ2v) is 4.85. The van der Waals surface area contributed by atoms with Crippen molar-refractivity contribution >= 4 is 0 Å². The Kier molecular flexibility index (Phi) is 3.05. The van der Waals surface area contributed by atoms with Gasteiger partial charge in [0.25, 0.3) is 0 Å². The molecule has 0 N–H and O–H groups in total. The number of halogens is 2. The molecule has 0 aromatic rings. The molecule has 0 spiro atoms. The van der Waals surface area contributed by atoms with E-state index in [1.165, 1.54) is 25.7 Å². The molecule has 0 bridgehead atoms. The molecule has 0 aromatic heterocycles. The summed E-state index contributed by atoms with van der Waals surface area (Å²) in [6.45, 7) is 3.17. The van der Waals surface area contributed by atoms with E-state index < -0.39 is 5.92 Å². The summed E-state index contributed by atoms with van der Waals surface area (Å²) in [5.41, 5.74) is 0. The van der Waals surface area contributed by atoms with Crippen LogP contribution in [-0.4, -0.2) is 30.5 Å². The van der Waals surface area contributed by atoms with Gasteiger partial charge in [-0.25, -0.2) is 8.78 Å². The molecule has 2 fully saturated rings. The van der Waals surface area contributed by atoms with E-state index in [1.54, 1.807) is 0 Å². The van der Waals surface area contributed by atoms with Gasteiger partial charge < -0.3 is 4.90 Å². The first-order chi connectivity index (χ1) is 6.66. The Morgan fingerprint density at radius 3 is 2.07 bits per heavy atom. The molecule has 1 saturated carbocycles. The van der Waals surface area contributed by atoms with Crippen LogP contribution in [0.2, 0.25) is 0 Å². The number of alkyl halides is 2. The summed E-state index contributed by atoms with van der Waals surface area (Å²) in [4.78, 5) is 2.38. The maximum atomic E-state index is 12.6. The molecule has 2 aliphatic rings. The zero-order valence-corrected chi connectivity index (χ0v) is 8.64. The predicted octanol–water partition coefficient (Wildman–Crippen LogP) is 2.91. The fraction of sp³-hybridized carbons (Fsp3) is 1.00. The molecule has 0 atom stereocenters. The third-order valence-corrected chi connectivity index (χ3v) is 3.39. The van der Waals surface area contributed by atoms with Gasteiger partial charge in [0.05, 0.1) is 0 Å². The molecule has 0 radical (unpaired) electrons. The van der Waals surface area contributed by atoms with Crippen molar-refractivity contribution in [2.24, 2.45) is 5.92 Å². The molecule has 0 amide bonds. The molecular formula is C11H19F2N. The quantitative estimate of drug-likeness (QED) is 0.667. The number of nitrogens with zero attached hydrogens (tertiary/aromatic N) is 1. The van der Waals surface area contributed by atoms with Gasteiger partial charge in [-0.15, -0.1) is 0 Å². The second kappa shape index (κ2) is 4.13. The summed E-state index contributed by atoms with van der Waals surface area (Å²) in [5.74, 6) is -2.07. The van der Waals surface area contributed by atoms with Gasteiger partial charge in [0.15, 0.2) is 0 Å². The summed E-state index contributed by atoms with van der Waals surface area (Å²) in [7, 11) is 0. The van der Waals surface area contributed by atoms with Crippen LogP contribution in [0.25, 0.3) is 0 Å². The lowest BCUT2D eigenvalue weighted by Gasteiger charge is -2.38. The van der Waals surface area contributed by atoms with Gasteiger partial charge in [-0.1, -0.05) is 12.8 Å². The minimum Gasteiger partial charge on any atom is -0.303 e. The highest BCUT2D eigenvalue weighted by Gasteiger charge is 2.45. The molecule has 1 saturated heterocycles. The molecule has 2 rings (SSSR count). The predicted molar refractivity (Wildman–Crippen MR) is 52.6 cm³/mol. The molecule has 0 unspecified atom stereocenters. The highest BCUT2D eigenvalue weighted by Crippen LogP contribution is 2.42. The second-order valence-electron chi connectivity index (χ2n) is 4.85. The van der Waals surface area contributed by atoms with E-state index in [-0.39, 0.29) is 18.8 Å². The fourth-order valence-corrected chi connectivity index (χ4v) is 2.60. The van der Waals surface area contributed by atoms with Crippen molar-refractivity contribution in [3.63, 3.8) is 0 Å². The fourth-order valence-electron chi connectivity index (χ4n) is 2.60. The van der Waals surface area contributed by atoms with E-state index >= 15 is 0 Å². The molecule has 0 aromatic carbocycles. The van der Waals surface area contributed by atoms with E-state index in [0.29, 0.717) is 0 Å². The van der Waals surface area contributed by atoms with Gasteiger partial charge in [-0.05, 0) is 31.8 Å². The van der Waals surface area contributed by atoms with Crippen LogP contribution >= 0.6 is 0 Å². The molecule has 14 heavy (non-hydrogen) atoms. The van der Waals surface area contributed by atoms with Crippen LogP contribution in [0.4, 0.5) is 8.78 Å². The number of hydrogen-bond acceptors (Lipinski definition) is 1. The largest absolute Gasteiger partial charge is 0.303 e. The number of hydrogen-bond donors (Lipinski definition) is 0. The van der Waals surface area contributed by atoms with E-state index in [1.807, 2.05) is 0 Å². The van der Waals surface area contributed by atoms with Gasteiger partial charge in [-0.3, -0.25) is 0 Å². The standard InChI is InChI=1S/C11H19F2N/c12-11(13)7-10(8-11)9-14-5-3-1-2-4-6-14/h10H,1-9H2. The SMILES string of the molecule is FC1(F)CC(CN2CCCCCC2)C1. The van der Waals surface area contributed by atoms with Crippen molar-refractivity contribution in [3.8, 4) is 0 Å². The maximum Gasteiger partial charge on any atom is 0.248 e. The number of rotatable bonds is 2. The Balaban J connectivity index is 1.69. The summed E-state index contributed by atoms with van der Waals surface area (Å²) in [6, 6.07) is 0. The van der Waals surface area contributed by atoms with E-state index in [0.717, 1.165) is 19.6 Å². The van der Waals surface area contributed by atoms with E-state index in [2.05, 4.69) is 4.90 Å². The molecular weight excluding hydrogens is 184 g/mol. The third kappa shape index (κ3) is 2.66. The van der Waals surface area contributed by atoms with Gasteiger partial charge in [0.2, 0.25) is 5.92 Å². The van der Waals surface area contributed by atoms with Crippen molar-refractivity contribution in [2.45, 2.75) is 44.4 Å². The molecule has 82 valence electrons. The number of likely N-dealkylation sites (tertiary alicyclic amines) is 1. The lowest BCUT2D eigenvalue weighted by molar-refractivity contribution is -0.116. The van der Waals surface area contributed by atoms with E-state index in [9.17, 15) is 8.78 Å². The van der Waals surface area contributed by atoms with Crippen LogP contribution in [-0.2, 0) is 0 Å². The van der Waals surface area contributed by atoms with Crippen LogP contribution < -0.4 is 0 Å². The Labute approximate surface area is 84.5 Å². The van der Waals surface area contributed by atoms with Gasteiger partial charge in [0.1, 0.15) is 0 Å². The average Bonchev–Trinajstić information content (AvgIpc) is 2.29. The van der Waals surface area contributed by atoms with Gasteiger partial charge in [0, 0.05) is 19.4 Å². The molecule has 1 heterocycles. The van der Waals surface area contributed by atoms with Crippen molar-refractivity contribution in [1.82, 2.24) is 4.90 Å². The Bertz CT molecular complexity index is 178. The zero-order valence-electron chi connectivity index (χ0n) is 8.64. The third-order valence-electron chi connectivity index (χ3n) is 3.39. The molecule has 1 aliphatic carbocycles. The lowest BCUT2D eigenvalue weighted by Crippen LogP contribution is -2.42. The van der Waals surface area contributed by atoms with Crippen LogP contribution in [0.5, 0.6) is 0 Å². The Morgan fingerprint density at radius 2 is 1.57 bits per heavy atom. The topological polar surface area (TPSA) is 3.24 Å². The van der Waals surface area contributed by atoms with Crippen molar-refractivity contribution < 1.29 is 8.78 Å². The molecule has 3 heteroatoms. The summed E-state index contributed by atoms with van der Waals surface area (Å²) in [5, 5.41) is 0. The van der Waals surface area contributed by atoms with Crippen molar-refractivity contribution in [2.75, 3.05) is 19.6 Å². The first-order valence-electron chi connectivity index (χ1n) is 5.76. The van der Waals surface area contributed by atoms with Gasteiger partial charge in [-0.2, -0.15) is 0 Å². The maximum absolute atomic E-state index is 12.6. The first-order valence-corrected chi connectivity index (χ1v) is 5.76. The molecule has 1 aliphatic heterocycles. The Morgan fingerprint density at radius 1 is 1.00 bits per heavy atom. The van der Waals surface area contributed by atoms with Crippen LogP contribution in [0, 0.1) is 5.92 Å². The van der Waals surface area contributed by atoms with Crippen LogP contribution in [0.3, 0.4) is 0 Å². The van der Waals surface area contributed by atoms with E-state index in [4.69, 9.17) is 0 Å². The lowest BCUT2D eigenvalue weighted by atomic mass is 9.81. The Hall–Kier alpha value is -0.180. The molecule has 1 nitrogen and oxygen atoms in total. The normalized spacial score (nSPS) is 29.6. The van der Waals surface area contributed by atoms with Crippen LogP contribution in [0.15, 0.2) is 0 Å². The zero-order chi connectivity index (χ0) is 10.0. The smallest absolute Gasteiger partial charge is 0.248 e. The van der Waals surface area contributed by atoms with Crippen molar-refractivity contribution in [1.29, 1.82) is 0 Å². The van der Waals surface area contributed by atoms with Gasteiger partial charge >= 0.3 is 0 Å². The summed E-state index contributed by atoms with van der Waals surface area (Å²) in [6.07, 6.45) is 5.40. The minimum atomic E-state index is -2.34. The summed E-state index contributed by atoms with van der Waals surface area (Å²) >= 11 is 0. The highest BCUT2D eigenvalue weighted by molar-refractivity contribution is 4.88. The monoisotopic (exact) mass is 203 g/mol. The average molecular weight is 203 g/mol. The highest BCUT2D eigenvalue weighted by atomic mass is 19.3.